The summed E-state index contributed by atoms with van der Waals surface area (Å²) in [5, 5.41) is 0. The van der Waals surface area contributed by atoms with Crippen LogP contribution in [0.5, 0.6) is 0 Å². The smallest absolute Gasteiger partial charge is 0.201 e. The van der Waals surface area contributed by atoms with E-state index in [1.54, 1.807) is 12.1 Å². The lowest BCUT2D eigenvalue weighted by molar-refractivity contribution is 0.177. The summed E-state index contributed by atoms with van der Waals surface area (Å²) in [6, 6.07) is 5.22. The van der Waals surface area contributed by atoms with E-state index in [9.17, 15) is 8.42 Å². The zero-order valence-corrected chi connectivity index (χ0v) is 11.9. The standard InChI is InChI=1S/C13H17N3O2S/c1-13(7-4-8-13)16-9-5-3-6-10(19(2,17)18)11(9)15-12(16)14/h3,5-6H,4,7-8H2,1-2H3,(H2,14,15). The lowest BCUT2D eigenvalue weighted by Crippen LogP contribution is -2.37. The monoisotopic (exact) mass is 279 g/mol. The van der Waals surface area contributed by atoms with Crippen molar-refractivity contribution in [2.24, 2.45) is 0 Å². The molecule has 1 saturated carbocycles. The molecule has 0 amide bonds. The predicted octanol–water partition coefficient (Wildman–Crippen LogP) is 1.92. The van der Waals surface area contributed by atoms with Crippen LogP contribution in [0.4, 0.5) is 5.95 Å². The van der Waals surface area contributed by atoms with Crippen LogP contribution in [0.2, 0.25) is 0 Å². The Balaban J connectivity index is 2.35. The molecule has 1 aromatic carbocycles. The molecule has 5 nitrogen and oxygen atoms in total. The number of fused-ring (bicyclic) bond motifs is 1. The average molecular weight is 279 g/mol. The van der Waals surface area contributed by atoms with Crippen LogP contribution in [0.25, 0.3) is 11.0 Å². The molecule has 0 saturated heterocycles. The fourth-order valence-electron chi connectivity index (χ4n) is 2.87. The second-order valence-corrected chi connectivity index (χ2v) is 7.54. The highest BCUT2D eigenvalue weighted by Crippen LogP contribution is 2.42. The van der Waals surface area contributed by atoms with Gasteiger partial charge in [0.2, 0.25) is 5.95 Å². The van der Waals surface area contributed by atoms with E-state index < -0.39 is 9.84 Å². The number of hydrogen-bond acceptors (Lipinski definition) is 4. The normalized spacial score (nSPS) is 18.4. The number of imidazole rings is 1. The van der Waals surface area contributed by atoms with E-state index in [4.69, 9.17) is 5.73 Å². The Morgan fingerprint density at radius 2 is 2.05 bits per heavy atom. The highest BCUT2D eigenvalue weighted by atomic mass is 32.2. The fourth-order valence-corrected chi connectivity index (χ4v) is 3.70. The van der Waals surface area contributed by atoms with Crippen LogP contribution in [-0.2, 0) is 15.4 Å². The third-order valence-electron chi connectivity index (χ3n) is 4.04. The molecule has 1 aromatic heterocycles. The van der Waals surface area contributed by atoms with Crippen molar-refractivity contribution in [1.29, 1.82) is 0 Å². The van der Waals surface area contributed by atoms with E-state index in [1.807, 2.05) is 10.6 Å². The maximum absolute atomic E-state index is 11.8. The first kappa shape index (κ1) is 12.5. The molecule has 1 heterocycles. The Morgan fingerprint density at radius 1 is 1.37 bits per heavy atom. The van der Waals surface area contributed by atoms with Gasteiger partial charge in [-0.2, -0.15) is 0 Å². The minimum Gasteiger partial charge on any atom is -0.369 e. The maximum Gasteiger partial charge on any atom is 0.201 e. The third-order valence-corrected chi connectivity index (χ3v) is 5.17. The molecule has 0 atom stereocenters. The van der Waals surface area contributed by atoms with Gasteiger partial charge in [0, 0.05) is 11.8 Å². The van der Waals surface area contributed by atoms with Gasteiger partial charge in [-0.1, -0.05) is 6.07 Å². The minimum absolute atomic E-state index is 0.0328. The molecule has 2 aromatic rings. The molecule has 3 rings (SSSR count). The van der Waals surface area contributed by atoms with Gasteiger partial charge >= 0.3 is 0 Å². The molecule has 0 aliphatic heterocycles. The number of sulfone groups is 1. The van der Waals surface area contributed by atoms with Crippen molar-refractivity contribution < 1.29 is 8.42 Å². The summed E-state index contributed by atoms with van der Waals surface area (Å²) in [7, 11) is -3.30. The van der Waals surface area contributed by atoms with Gasteiger partial charge in [-0.15, -0.1) is 0 Å². The van der Waals surface area contributed by atoms with E-state index in [1.165, 1.54) is 12.7 Å². The summed E-state index contributed by atoms with van der Waals surface area (Å²) in [6.07, 6.45) is 4.46. The van der Waals surface area contributed by atoms with Gasteiger partial charge in [0.05, 0.1) is 10.4 Å². The van der Waals surface area contributed by atoms with E-state index in [0.717, 1.165) is 18.4 Å². The van der Waals surface area contributed by atoms with Crippen LogP contribution in [0.15, 0.2) is 23.1 Å². The SMILES string of the molecule is CC1(n2c(N)nc3c(S(C)(=O)=O)cccc32)CCC1. The summed E-state index contributed by atoms with van der Waals surface area (Å²) in [5.74, 6) is 0.397. The van der Waals surface area contributed by atoms with Crippen molar-refractivity contribution in [3.05, 3.63) is 18.2 Å². The van der Waals surface area contributed by atoms with Crippen LogP contribution in [0.1, 0.15) is 26.2 Å². The number of aromatic nitrogens is 2. The van der Waals surface area contributed by atoms with Crippen molar-refractivity contribution >= 4 is 26.8 Å². The van der Waals surface area contributed by atoms with Crippen LogP contribution in [-0.4, -0.2) is 24.2 Å². The van der Waals surface area contributed by atoms with Gasteiger partial charge in [0.25, 0.3) is 0 Å². The Labute approximate surface area is 112 Å². The predicted molar refractivity (Wildman–Crippen MR) is 74.8 cm³/mol. The Morgan fingerprint density at radius 3 is 2.58 bits per heavy atom. The molecule has 0 bridgehead atoms. The number of rotatable bonds is 2. The summed E-state index contributed by atoms with van der Waals surface area (Å²) >= 11 is 0. The van der Waals surface area contributed by atoms with Crippen molar-refractivity contribution in [1.82, 2.24) is 9.55 Å². The van der Waals surface area contributed by atoms with E-state index in [-0.39, 0.29) is 10.4 Å². The number of nitrogens with zero attached hydrogens (tertiary/aromatic N) is 2. The lowest BCUT2D eigenvalue weighted by atomic mass is 9.78. The van der Waals surface area contributed by atoms with Crippen LogP contribution >= 0.6 is 0 Å². The van der Waals surface area contributed by atoms with Crippen molar-refractivity contribution in [2.45, 2.75) is 36.6 Å². The second kappa shape index (κ2) is 3.72. The van der Waals surface area contributed by atoms with Gasteiger partial charge in [-0.3, -0.25) is 0 Å². The summed E-state index contributed by atoms with van der Waals surface area (Å²) in [4.78, 5) is 4.54. The Kier molecular flexibility index (Phi) is 2.44. The minimum atomic E-state index is -3.30. The highest BCUT2D eigenvalue weighted by molar-refractivity contribution is 7.91. The fraction of sp³-hybridized carbons (Fsp3) is 0.462. The number of para-hydroxylation sites is 1. The molecule has 1 fully saturated rings. The molecule has 0 radical (unpaired) electrons. The number of nitrogen functional groups attached to an aromatic ring is 1. The number of benzene rings is 1. The zero-order valence-electron chi connectivity index (χ0n) is 11.0. The van der Waals surface area contributed by atoms with Gasteiger partial charge in [-0.25, -0.2) is 13.4 Å². The van der Waals surface area contributed by atoms with Gasteiger partial charge < -0.3 is 10.3 Å². The molecule has 0 unspecified atom stereocenters. The van der Waals surface area contributed by atoms with Gasteiger partial charge in [-0.05, 0) is 38.3 Å². The number of hydrogen-bond donors (Lipinski definition) is 1. The first-order chi connectivity index (χ1) is 8.83. The molecule has 6 heteroatoms. The summed E-state index contributed by atoms with van der Waals surface area (Å²) in [5.41, 5.74) is 7.28. The summed E-state index contributed by atoms with van der Waals surface area (Å²) < 4.78 is 25.6. The van der Waals surface area contributed by atoms with Gasteiger partial charge in [0.1, 0.15) is 5.52 Å². The molecule has 102 valence electrons. The van der Waals surface area contributed by atoms with Crippen LogP contribution in [0.3, 0.4) is 0 Å². The van der Waals surface area contributed by atoms with E-state index >= 15 is 0 Å². The van der Waals surface area contributed by atoms with Crippen molar-refractivity contribution in [3.63, 3.8) is 0 Å². The number of nitrogens with two attached hydrogens (primary N) is 1. The van der Waals surface area contributed by atoms with E-state index in [0.29, 0.717) is 11.5 Å². The number of anilines is 1. The quantitative estimate of drug-likeness (QED) is 0.911. The lowest BCUT2D eigenvalue weighted by Gasteiger charge is -2.40. The molecule has 1 aliphatic carbocycles. The van der Waals surface area contributed by atoms with Crippen molar-refractivity contribution in [2.75, 3.05) is 12.0 Å². The first-order valence-electron chi connectivity index (χ1n) is 6.30. The van der Waals surface area contributed by atoms with E-state index in [2.05, 4.69) is 11.9 Å². The highest BCUT2D eigenvalue weighted by Gasteiger charge is 2.36. The molecular weight excluding hydrogens is 262 g/mol. The summed E-state index contributed by atoms with van der Waals surface area (Å²) in [6.45, 7) is 2.14. The van der Waals surface area contributed by atoms with Crippen LogP contribution < -0.4 is 5.73 Å². The molecule has 19 heavy (non-hydrogen) atoms. The average Bonchev–Trinajstić information content (AvgIpc) is 2.60. The Bertz CT molecular complexity index is 758. The molecular formula is C13H17N3O2S. The largest absolute Gasteiger partial charge is 0.369 e. The van der Waals surface area contributed by atoms with Gasteiger partial charge in [0.15, 0.2) is 9.84 Å². The Hall–Kier alpha value is -1.56. The zero-order chi connectivity index (χ0) is 13.8. The molecule has 1 aliphatic rings. The topological polar surface area (TPSA) is 78.0 Å². The second-order valence-electron chi connectivity index (χ2n) is 5.55. The van der Waals surface area contributed by atoms with Crippen LogP contribution in [0, 0.1) is 0 Å². The molecule has 2 N–H and O–H groups in total. The molecule has 0 spiro atoms. The maximum atomic E-state index is 11.8. The third kappa shape index (κ3) is 1.74. The first-order valence-corrected chi connectivity index (χ1v) is 8.19. The van der Waals surface area contributed by atoms with Crippen molar-refractivity contribution in [3.8, 4) is 0 Å².